The molecule has 0 saturated heterocycles. The van der Waals surface area contributed by atoms with Crippen molar-refractivity contribution in [2.45, 2.75) is 32.9 Å². The number of ether oxygens (including phenoxy) is 1. The molecular formula is C13H17NO2. The van der Waals surface area contributed by atoms with Crippen LogP contribution < -0.4 is 5.32 Å². The second kappa shape index (κ2) is 5.12. The highest BCUT2D eigenvalue weighted by atomic mass is 16.5. The minimum atomic E-state index is -0.110. The smallest absolute Gasteiger partial charge is 0.306 e. The Morgan fingerprint density at radius 2 is 2.19 bits per heavy atom. The van der Waals surface area contributed by atoms with Crippen LogP contribution in [0.4, 0.5) is 0 Å². The van der Waals surface area contributed by atoms with Crippen LogP contribution in [-0.2, 0) is 29.0 Å². The van der Waals surface area contributed by atoms with Crippen molar-refractivity contribution >= 4 is 5.97 Å². The lowest BCUT2D eigenvalue weighted by Crippen LogP contribution is -2.05. The highest BCUT2D eigenvalue weighted by Crippen LogP contribution is 2.17. The normalized spacial score (nSPS) is 13.6. The van der Waals surface area contributed by atoms with Crippen molar-refractivity contribution in [3.63, 3.8) is 0 Å². The van der Waals surface area contributed by atoms with E-state index in [1.54, 1.807) is 0 Å². The second-order valence-electron chi connectivity index (χ2n) is 4.01. The molecule has 0 aromatic heterocycles. The summed E-state index contributed by atoms with van der Waals surface area (Å²) in [5.41, 5.74) is 3.96. The maximum absolute atomic E-state index is 11.2. The Bertz CT molecular complexity index is 388. The van der Waals surface area contributed by atoms with Gasteiger partial charge in [-0.05, 0) is 30.0 Å². The third kappa shape index (κ3) is 2.61. The fraction of sp³-hybridized carbons (Fsp3) is 0.462. The third-order valence-corrected chi connectivity index (χ3v) is 2.82. The lowest BCUT2D eigenvalue weighted by atomic mass is 10.0. The number of nitrogens with one attached hydrogen (secondary N) is 1. The Kier molecular flexibility index (Phi) is 3.57. The van der Waals surface area contributed by atoms with E-state index < -0.39 is 0 Å². The predicted octanol–water partition coefficient (Wildman–Crippen LogP) is 1.79. The monoisotopic (exact) mass is 219 g/mol. The van der Waals surface area contributed by atoms with E-state index >= 15 is 0 Å². The fourth-order valence-corrected chi connectivity index (χ4v) is 1.98. The standard InChI is InChI=1S/C13H17NO2/c1-2-16-13(15)6-4-10-3-5-11-8-14-9-12(11)7-10/h3,5,7,14H,2,4,6,8-9H2,1H3. The van der Waals surface area contributed by atoms with E-state index in [1.165, 1.54) is 16.7 Å². The highest BCUT2D eigenvalue weighted by Gasteiger charge is 2.10. The molecule has 1 aliphatic heterocycles. The van der Waals surface area contributed by atoms with Crippen LogP contribution >= 0.6 is 0 Å². The molecule has 16 heavy (non-hydrogen) atoms. The molecule has 0 unspecified atom stereocenters. The van der Waals surface area contributed by atoms with Gasteiger partial charge < -0.3 is 10.1 Å². The van der Waals surface area contributed by atoms with Crippen LogP contribution in [0.25, 0.3) is 0 Å². The van der Waals surface area contributed by atoms with E-state index in [4.69, 9.17) is 4.74 Å². The number of hydrogen-bond donors (Lipinski definition) is 1. The van der Waals surface area contributed by atoms with Gasteiger partial charge in [-0.2, -0.15) is 0 Å². The molecule has 0 atom stereocenters. The Hall–Kier alpha value is -1.35. The van der Waals surface area contributed by atoms with Crippen molar-refractivity contribution in [2.24, 2.45) is 0 Å². The SMILES string of the molecule is CCOC(=O)CCc1ccc2c(c1)CNC2. The van der Waals surface area contributed by atoms with Crippen LogP contribution in [0.5, 0.6) is 0 Å². The molecule has 0 aliphatic carbocycles. The summed E-state index contributed by atoms with van der Waals surface area (Å²) in [7, 11) is 0. The highest BCUT2D eigenvalue weighted by molar-refractivity contribution is 5.69. The largest absolute Gasteiger partial charge is 0.466 e. The van der Waals surface area contributed by atoms with Crippen molar-refractivity contribution in [3.05, 3.63) is 34.9 Å². The van der Waals surface area contributed by atoms with E-state index in [0.29, 0.717) is 13.0 Å². The maximum Gasteiger partial charge on any atom is 0.306 e. The van der Waals surface area contributed by atoms with Gasteiger partial charge in [0.1, 0.15) is 0 Å². The van der Waals surface area contributed by atoms with Gasteiger partial charge in [0.05, 0.1) is 6.61 Å². The number of carbonyl (C=O) groups excluding carboxylic acids is 1. The predicted molar refractivity (Wildman–Crippen MR) is 61.9 cm³/mol. The molecule has 3 heteroatoms. The molecular weight excluding hydrogens is 202 g/mol. The molecule has 0 spiro atoms. The van der Waals surface area contributed by atoms with Crippen molar-refractivity contribution in [2.75, 3.05) is 6.61 Å². The van der Waals surface area contributed by atoms with Crippen LogP contribution in [0.3, 0.4) is 0 Å². The number of fused-ring (bicyclic) bond motifs is 1. The summed E-state index contributed by atoms with van der Waals surface area (Å²) < 4.78 is 4.90. The van der Waals surface area contributed by atoms with Crippen LogP contribution in [0.15, 0.2) is 18.2 Å². The number of hydrogen-bond acceptors (Lipinski definition) is 3. The van der Waals surface area contributed by atoms with Crippen LogP contribution in [0.1, 0.15) is 30.0 Å². The summed E-state index contributed by atoms with van der Waals surface area (Å²) in [5, 5.41) is 3.31. The Morgan fingerprint density at radius 1 is 1.38 bits per heavy atom. The summed E-state index contributed by atoms with van der Waals surface area (Å²) in [5.74, 6) is -0.110. The number of rotatable bonds is 4. The molecule has 0 amide bonds. The van der Waals surface area contributed by atoms with Crippen molar-refractivity contribution in [3.8, 4) is 0 Å². The molecule has 1 aliphatic rings. The quantitative estimate of drug-likeness (QED) is 0.784. The van der Waals surface area contributed by atoms with Gasteiger partial charge in [-0.3, -0.25) is 4.79 Å². The first-order valence-corrected chi connectivity index (χ1v) is 5.76. The first-order chi connectivity index (χ1) is 7.79. The van der Waals surface area contributed by atoms with Gasteiger partial charge in [0.15, 0.2) is 0 Å². The Labute approximate surface area is 95.8 Å². The lowest BCUT2D eigenvalue weighted by molar-refractivity contribution is -0.143. The summed E-state index contributed by atoms with van der Waals surface area (Å²) >= 11 is 0. The molecule has 0 fully saturated rings. The van der Waals surface area contributed by atoms with Crippen LogP contribution in [0, 0.1) is 0 Å². The van der Waals surface area contributed by atoms with Crippen LogP contribution in [-0.4, -0.2) is 12.6 Å². The van der Waals surface area contributed by atoms with Gasteiger partial charge in [0.2, 0.25) is 0 Å². The van der Waals surface area contributed by atoms with Gasteiger partial charge in [-0.1, -0.05) is 18.2 Å². The average molecular weight is 219 g/mol. The molecule has 0 saturated carbocycles. The Morgan fingerprint density at radius 3 is 3.00 bits per heavy atom. The van der Waals surface area contributed by atoms with Crippen molar-refractivity contribution in [1.82, 2.24) is 5.32 Å². The number of esters is 1. The van der Waals surface area contributed by atoms with Gasteiger partial charge in [-0.15, -0.1) is 0 Å². The number of benzene rings is 1. The van der Waals surface area contributed by atoms with E-state index in [2.05, 4.69) is 23.5 Å². The Balaban J connectivity index is 1.93. The third-order valence-electron chi connectivity index (χ3n) is 2.82. The van der Waals surface area contributed by atoms with E-state index in [1.807, 2.05) is 6.92 Å². The molecule has 0 radical (unpaired) electrons. The lowest BCUT2D eigenvalue weighted by Gasteiger charge is -2.04. The number of carbonyl (C=O) groups is 1. The summed E-state index contributed by atoms with van der Waals surface area (Å²) in [6, 6.07) is 6.44. The van der Waals surface area contributed by atoms with E-state index in [0.717, 1.165) is 19.5 Å². The fourth-order valence-electron chi connectivity index (χ4n) is 1.98. The van der Waals surface area contributed by atoms with E-state index in [9.17, 15) is 4.79 Å². The molecule has 2 rings (SSSR count). The van der Waals surface area contributed by atoms with Crippen molar-refractivity contribution in [1.29, 1.82) is 0 Å². The van der Waals surface area contributed by atoms with Gasteiger partial charge in [0, 0.05) is 19.5 Å². The molecule has 3 nitrogen and oxygen atoms in total. The van der Waals surface area contributed by atoms with Crippen molar-refractivity contribution < 1.29 is 9.53 Å². The minimum Gasteiger partial charge on any atom is -0.466 e. The molecule has 1 N–H and O–H groups in total. The molecule has 1 aromatic carbocycles. The topological polar surface area (TPSA) is 38.3 Å². The van der Waals surface area contributed by atoms with E-state index in [-0.39, 0.29) is 5.97 Å². The first-order valence-electron chi connectivity index (χ1n) is 5.76. The van der Waals surface area contributed by atoms with Gasteiger partial charge >= 0.3 is 5.97 Å². The van der Waals surface area contributed by atoms with Gasteiger partial charge in [-0.25, -0.2) is 0 Å². The molecule has 86 valence electrons. The maximum atomic E-state index is 11.2. The molecule has 1 heterocycles. The minimum absolute atomic E-state index is 0.110. The molecule has 0 bridgehead atoms. The second-order valence-corrected chi connectivity index (χ2v) is 4.01. The van der Waals surface area contributed by atoms with Crippen LogP contribution in [0.2, 0.25) is 0 Å². The number of aryl methyl sites for hydroxylation is 1. The zero-order valence-corrected chi connectivity index (χ0v) is 9.58. The van der Waals surface area contributed by atoms with Gasteiger partial charge in [0.25, 0.3) is 0 Å². The summed E-state index contributed by atoms with van der Waals surface area (Å²) in [4.78, 5) is 11.2. The summed E-state index contributed by atoms with van der Waals surface area (Å²) in [6.45, 7) is 4.21. The first kappa shape index (κ1) is 11.1. The molecule has 1 aromatic rings. The summed E-state index contributed by atoms with van der Waals surface area (Å²) in [6.07, 6.45) is 1.24. The zero-order valence-electron chi connectivity index (χ0n) is 9.58. The zero-order chi connectivity index (χ0) is 11.4. The average Bonchev–Trinajstić information content (AvgIpc) is 2.74.